The topological polar surface area (TPSA) is 77.9 Å². The molecule has 1 aliphatic heterocycles. The second-order valence-corrected chi connectivity index (χ2v) is 7.32. The quantitative estimate of drug-likeness (QED) is 0.758. The van der Waals surface area contributed by atoms with Crippen LogP contribution in [0, 0.1) is 11.8 Å². The van der Waals surface area contributed by atoms with Crippen LogP contribution in [0.15, 0.2) is 30.3 Å². The van der Waals surface area contributed by atoms with E-state index >= 15 is 0 Å². The lowest BCUT2D eigenvalue weighted by molar-refractivity contribution is -0.149. The van der Waals surface area contributed by atoms with Crippen LogP contribution in [0.3, 0.4) is 0 Å². The Morgan fingerprint density at radius 2 is 1.96 bits per heavy atom. The zero-order valence-corrected chi connectivity index (χ0v) is 16.3. The van der Waals surface area contributed by atoms with Crippen LogP contribution in [0.4, 0.5) is 0 Å². The lowest BCUT2D eigenvalue weighted by atomic mass is 9.94. The van der Waals surface area contributed by atoms with Gasteiger partial charge in [-0.3, -0.25) is 14.4 Å². The molecule has 0 aromatic heterocycles. The van der Waals surface area contributed by atoms with Crippen LogP contribution in [-0.4, -0.2) is 58.9 Å². The SMILES string of the molecule is CCC(C)C(=O)N1CCCC(C(=O)N(CCc2ccccc2)CC(=O)O)C1. The fourth-order valence-corrected chi connectivity index (χ4v) is 3.46. The van der Waals surface area contributed by atoms with Gasteiger partial charge in [-0.05, 0) is 31.2 Å². The predicted molar refractivity (Wildman–Crippen MR) is 103 cm³/mol. The van der Waals surface area contributed by atoms with E-state index in [1.165, 1.54) is 4.90 Å². The Hall–Kier alpha value is -2.37. The molecule has 2 atom stereocenters. The number of aliphatic carboxylic acids is 1. The zero-order chi connectivity index (χ0) is 19.8. The first-order valence-electron chi connectivity index (χ1n) is 9.75. The minimum Gasteiger partial charge on any atom is -0.480 e. The van der Waals surface area contributed by atoms with Gasteiger partial charge in [-0.15, -0.1) is 0 Å². The number of hydrogen-bond donors (Lipinski definition) is 1. The molecule has 2 amide bonds. The first-order chi connectivity index (χ1) is 12.9. The molecule has 1 saturated heterocycles. The number of benzene rings is 1. The van der Waals surface area contributed by atoms with Crippen LogP contribution in [0.1, 0.15) is 38.7 Å². The van der Waals surface area contributed by atoms with Crippen LogP contribution in [0.5, 0.6) is 0 Å². The lowest BCUT2D eigenvalue weighted by Crippen LogP contribution is -2.49. The van der Waals surface area contributed by atoms with E-state index < -0.39 is 5.97 Å². The molecule has 2 rings (SSSR count). The standard InChI is InChI=1S/C21H30N2O4/c1-3-16(2)20(26)22-12-7-10-18(14-22)21(27)23(15-19(24)25)13-11-17-8-5-4-6-9-17/h4-6,8-9,16,18H,3,7,10-15H2,1-2H3,(H,24,25). The third-order valence-corrected chi connectivity index (χ3v) is 5.27. The maximum atomic E-state index is 13.0. The first kappa shape index (κ1) is 20.9. The van der Waals surface area contributed by atoms with Crippen molar-refractivity contribution < 1.29 is 19.5 Å². The second kappa shape index (κ2) is 10.1. The summed E-state index contributed by atoms with van der Waals surface area (Å²) in [5, 5.41) is 9.21. The Labute approximate surface area is 161 Å². The van der Waals surface area contributed by atoms with Crippen molar-refractivity contribution in [2.24, 2.45) is 11.8 Å². The molecule has 0 saturated carbocycles. The van der Waals surface area contributed by atoms with E-state index in [4.69, 9.17) is 0 Å². The summed E-state index contributed by atoms with van der Waals surface area (Å²) in [6, 6.07) is 9.72. The first-order valence-corrected chi connectivity index (χ1v) is 9.75. The second-order valence-electron chi connectivity index (χ2n) is 7.32. The fourth-order valence-electron chi connectivity index (χ4n) is 3.46. The molecule has 1 N–H and O–H groups in total. The molecule has 0 radical (unpaired) electrons. The largest absolute Gasteiger partial charge is 0.480 e. The van der Waals surface area contributed by atoms with Crippen molar-refractivity contribution in [1.82, 2.24) is 9.80 Å². The highest BCUT2D eigenvalue weighted by atomic mass is 16.4. The van der Waals surface area contributed by atoms with Gasteiger partial charge in [0.15, 0.2) is 0 Å². The van der Waals surface area contributed by atoms with E-state index in [9.17, 15) is 19.5 Å². The van der Waals surface area contributed by atoms with Crippen molar-refractivity contribution in [3.63, 3.8) is 0 Å². The van der Waals surface area contributed by atoms with Gasteiger partial charge in [0, 0.05) is 25.6 Å². The number of carbonyl (C=O) groups is 3. The normalized spacial score (nSPS) is 18.0. The molecule has 0 aliphatic carbocycles. The summed E-state index contributed by atoms with van der Waals surface area (Å²) in [7, 11) is 0. The molecule has 1 fully saturated rings. The van der Waals surface area contributed by atoms with Crippen LogP contribution in [-0.2, 0) is 20.8 Å². The third kappa shape index (κ3) is 6.08. The number of nitrogens with zero attached hydrogens (tertiary/aromatic N) is 2. The van der Waals surface area contributed by atoms with E-state index in [0.717, 1.165) is 18.4 Å². The molecular weight excluding hydrogens is 344 g/mol. The minimum atomic E-state index is -1.01. The number of carboxylic acid groups (broad SMARTS) is 1. The van der Waals surface area contributed by atoms with Crippen LogP contribution >= 0.6 is 0 Å². The summed E-state index contributed by atoms with van der Waals surface area (Å²) in [6.07, 6.45) is 2.86. The van der Waals surface area contributed by atoms with Crippen molar-refractivity contribution >= 4 is 17.8 Å². The fraction of sp³-hybridized carbons (Fsp3) is 0.571. The molecule has 0 spiro atoms. The van der Waals surface area contributed by atoms with E-state index in [0.29, 0.717) is 32.5 Å². The summed E-state index contributed by atoms with van der Waals surface area (Å²) in [5.74, 6) is -1.45. The molecule has 27 heavy (non-hydrogen) atoms. The summed E-state index contributed by atoms with van der Waals surface area (Å²) in [4.78, 5) is 39.9. The molecule has 1 heterocycles. The molecule has 1 aliphatic rings. The van der Waals surface area contributed by atoms with E-state index in [2.05, 4.69) is 0 Å². The van der Waals surface area contributed by atoms with Gasteiger partial charge < -0.3 is 14.9 Å². The molecule has 6 nitrogen and oxygen atoms in total. The number of likely N-dealkylation sites (tertiary alicyclic amines) is 1. The molecule has 1 aromatic rings. The van der Waals surface area contributed by atoms with Crippen LogP contribution in [0.2, 0.25) is 0 Å². The Morgan fingerprint density at radius 1 is 1.26 bits per heavy atom. The van der Waals surface area contributed by atoms with Gasteiger partial charge in [0.2, 0.25) is 11.8 Å². The maximum absolute atomic E-state index is 13.0. The van der Waals surface area contributed by atoms with Gasteiger partial charge in [0.05, 0.1) is 5.92 Å². The summed E-state index contributed by atoms with van der Waals surface area (Å²) < 4.78 is 0. The molecule has 6 heteroatoms. The molecular formula is C21H30N2O4. The summed E-state index contributed by atoms with van der Waals surface area (Å²) in [5.41, 5.74) is 1.07. The van der Waals surface area contributed by atoms with E-state index in [1.54, 1.807) is 4.90 Å². The van der Waals surface area contributed by atoms with Crippen molar-refractivity contribution in [3.8, 4) is 0 Å². The van der Waals surface area contributed by atoms with Gasteiger partial charge in [-0.25, -0.2) is 0 Å². The smallest absolute Gasteiger partial charge is 0.323 e. The number of hydrogen-bond acceptors (Lipinski definition) is 3. The highest BCUT2D eigenvalue weighted by Crippen LogP contribution is 2.21. The predicted octanol–water partition coefficient (Wildman–Crippen LogP) is 2.43. The minimum absolute atomic E-state index is 0.0490. The number of piperidine rings is 1. The highest BCUT2D eigenvalue weighted by molar-refractivity contribution is 5.84. The monoisotopic (exact) mass is 374 g/mol. The van der Waals surface area contributed by atoms with Crippen LogP contribution in [0.25, 0.3) is 0 Å². The molecule has 0 bridgehead atoms. The van der Waals surface area contributed by atoms with Crippen molar-refractivity contribution in [2.75, 3.05) is 26.2 Å². The lowest BCUT2D eigenvalue weighted by Gasteiger charge is -2.35. The number of carboxylic acids is 1. The molecule has 1 aromatic carbocycles. The number of carbonyl (C=O) groups excluding carboxylic acids is 2. The average molecular weight is 374 g/mol. The van der Waals surface area contributed by atoms with Gasteiger partial charge in [0.1, 0.15) is 6.54 Å². The summed E-state index contributed by atoms with van der Waals surface area (Å²) >= 11 is 0. The van der Waals surface area contributed by atoms with E-state index in [1.807, 2.05) is 44.2 Å². The number of rotatable bonds is 8. The Morgan fingerprint density at radius 3 is 2.59 bits per heavy atom. The zero-order valence-electron chi connectivity index (χ0n) is 16.3. The molecule has 148 valence electrons. The van der Waals surface area contributed by atoms with E-state index in [-0.39, 0.29) is 30.2 Å². The Bertz CT molecular complexity index is 647. The highest BCUT2D eigenvalue weighted by Gasteiger charge is 2.32. The number of amides is 2. The van der Waals surface area contributed by atoms with Gasteiger partial charge in [-0.2, -0.15) is 0 Å². The van der Waals surface area contributed by atoms with Gasteiger partial charge in [-0.1, -0.05) is 44.2 Å². The summed E-state index contributed by atoms with van der Waals surface area (Å²) in [6.45, 7) is 5.02. The van der Waals surface area contributed by atoms with Crippen molar-refractivity contribution in [3.05, 3.63) is 35.9 Å². The maximum Gasteiger partial charge on any atom is 0.323 e. The van der Waals surface area contributed by atoms with Crippen molar-refractivity contribution in [1.29, 1.82) is 0 Å². The molecule has 2 unspecified atom stereocenters. The van der Waals surface area contributed by atoms with Gasteiger partial charge in [0.25, 0.3) is 0 Å². The van der Waals surface area contributed by atoms with Crippen LogP contribution < -0.4 is 0 Å². The Kier molecular flexibility index (Phi) is 7.82. The Balaban J connectivity index is 2.02. The van der Waals surface area contributed by atoms with Crippen molar-refractivity contribution in [2.45, 2.75) is 39.5 Å². The average Bonchev–Trinajstić information content (AvgIpc) is 2.70. The van der Waals surface area contributed by atoms with Gasteiger partial charge >= 0.3 is 5.97 Å². The third-order valence-electron chi connectivity index (χ3n) is 5.27.